The largest absolute Gasteiger partial charge is 0.461 e. The highest BCUT2D eigenvalue weighted by Gasteiger charge is 2.33. The van der Waals surface area contributed by atoms with E-state index in [1.54, 1.807) is 53.0 Å². The van der Waals surface area contributed by atoms with Gasteiger partial charge in [0.1, 0.15) is 22.6 Å². The van der Waals surface area contributed by atoms with Gasteiger partial charge in [0.05, 0.1) is 29.3 Å². The lowest BCUT2D eigenvalue weighted by Crippen LogP contribution is -2.49. The summed E-state index contributed by atoms with van der Waals surface area (Å²) in [5.74, 6) is 1.09. The highest BCUT2D eigenvalue weighted by Crippen LogP contribution is 2.34. The van der Waals surface area contributed by atoms with E-state index in [-0.39, 0.29) is 17.7 Å². The fourth-order valence-electron chi connectivity index (χ4n) is 4.96. The van der Waals surface area contributed by atoms with Gasteiger partial charge in [0.15, 0.2) is 5.75 Å². The summed E-state index contributed by atoms with van der Waals surface area (Å²) in [6.45, 7) is 4.90. The van der Waals surface area contributed by atoms with Crippen LogP contribution in [0.15, 0.2) is 71.4 Å². The summed E-state index contributed by atoms with van der Waals surface area (Å²) >= 11 is 0. The van der Waals surface area contributed by atoms with Crippen molar-refractivity contribution in [3.05, 3.63) is 95.0 Å². The average Bonchev–Trinajstić information content (AvgIpc) is 3.43. The Morgan fingerprint density at radius 2 is 1.95 bits per heavy atom. The van der Waals surface area contributed by atoms with Crippen molar-refractivity contribution in [2.45, 2.75) is 20.4 Å². The second-order valence-corrected chi connectivity index (χ2v) is 9.65. The van der Waals surface area contributed by atoms with Crippen molar-refractivity contribution >= 4 is 28.3 Å². The molecule has 1 fully saturated rings. The molecule has 0 radical (unpaired) electrons. The summed E-state index contributed by atoms with van der Waals surface area (Å²) in [4.78, 5) is 27.8. The van der Waals surface area contributed by atoms with Gasteiger partial charge >= 0.3 is 0 Å². The number of carbonyl (C=O) groups is 2. The van der Waals surface area contributed by atoms with Crippen molar-refractivity contribution in [3.63, 3.8) is 0 Å². The van der Waals surface area contributed by atoms with Crippen LogP contribution >= 0.6 is 0 Å². The maximum Gasteiger partial charge on any atom is 0.255 e. The summed E-state index contributed by atoms with van der Waals surface area (Å²) in [5.41, 5.74) is 3.98. The van der Waals surface area contributed by atoms with E-state index >= 15 is 0 Å². The lowest BCUT2D eigenvalue weighted by atomic mass is 10.0. The van der Waals surface area contributed by atoms with Crippen LogP contribution in [0.2, 0.25) is 0 Å². The predicted octanol–water partition coefficient (Wildman–Crippen LogP) is 5.02. The number of amides is 2. The molecule has 0 unspecified atom stereocenters. The quantitative estimate of drug-likeness (QED) is 0.337. The lowest BCUT2D eigenvalue weighted by Gasteiger charge is -2.35. The molecule has 1 aliphatic heterocycles. The predicted molar refractivity (Wildman–Crippen MR) is 144 cm³/mol. The molecule has 3 aromatic heterocycles. The van der Waals surface area contributed by atoms with E-state index in [1.165, 1.54) is 0 Å². The number of hydrogen-bond donors (Lipinski definition) is 1. The molecule has 9 heteroatoms. The highest BCUT2D eigenvalue weighted by molar-refractivity contribution is 6.07. The number of furan rings is 1. The molecule has 0 aliphatic carbocycles. The van der Waals surface area contributed by atoms with Crippen LogP contribution in [-0.4, -0.2) is 39.4 Å². The van der Waals surface area contributed by atoms with Gasteiger partial charge in [-0.15, -0.1) is 0 Å². The van der Waals surface area contributed by atoms with E-state index in [0.29, 0.717) is 64.5 Å². The third kappa shape index (κ3) is 4.36. The highest BCUT2D eigenvalue weighted by atomic mass is 16.5. The maximum absolute atomic E-state index is 13.1. The molecule has 1 saturated heterocycles. The van der Waals surface area contributed by atoms with Gasteiger partial charge in [-0.2, -0.15) is 10.4 Å². The minimum atomic E-state index is -0.228. The van der Waals surface area contributed by atoms with Crippen LogP contribution in [0.5, 0.6) is 11.5 Å². The SMILES string of the molecule is Cc1oc2ccc(Oc3ccnn4cc(C(=O)N5CC(C#N)C5)c(C)c34)cc2c1C(=O)NCc1ccccc1. The molecular weight excluding hydrogens is 494 g/mol. The topological polar surface area (TPSA) is 113 Å². The number of ether oxygens (including phenoxy) is 1. The fourth-order valence-corrected chi connectivity index (χ4v) is 4.96. The number of fused-ring (bicyclic) bond motifs is 2. The Hall–Kier alpha value is -5.10. The molecule has 6 rings (SSSR count). The van der Waals surface area contributed by atoms with Gasteiger partial charge in [-0.05, 0) is 43.2 Å². The second kappa shape index (κ2) is 9.65. The van der Waals surface area contributed by atoms with Crippen LogP contribution in [0, 0.1) is 31.1 Å². The summed E-state index contributed by atoms with van der Waals surface area (Å²) in [6, 6.07) is 19.0. The van der Waals surface area contributed by atoms with Crippen molar-refractivity contribution in [1.29, 1.82) is 5.26 Å². The first-order valence-corrected chi connectivity index (χ1v) is 12.6. The fraction of sp³-hybridized carbons (Fsp3) is 0.200. The van der Waals surface area contributed by atoms with Gasteiger partial charge < -0.3 is 19.4 Å². The number of carbonyl (C=O) groups excluding carboxylic acids is 2. The van der Waals surface area contributed by atoms with Gasteiger partial charge in [-0.25, -0.2) is 4.52 Å². The van der Waals surface area contributed by atoms with Gasteiger partial charge in [0, 0.05) is 37.3 Å². The zero-order valence-corrected chi connectivity index (χ0v) is 21.5. The minimum absolute atomic E-state index is 0.116. The second-order valence-electron chi connectivity index (χ2n) is 9.65. The molecule has 0 saturated carbocycles. The first-order valence-electron chi connectivity index (χ1n) is 12.6. The van der Waals surface area contributed by atoms with Crippen molar-refractivity contribution in [1.82, 2.24) is 19.8 Å². The smallest absolute Gasteiger partial charge is 0.255 e. The molecule has 4 heterocycles. The van der Waals surface area contributed by atoms with E-state index in [2.05, 4.69) is 16.5 Å². The number of nitrogens with zero attached hydrogens (tertiary/aromatic N) is 4. The van der Waals surface area contributed by atoms with Crippen molar-refractivity contribution in [2.75, 3.05) is 13.1 Å². The molecule has 9 nitrogen and oxygen atoms in total. The summed E-state index contributed by atoms with van der Waals surface area (Å²) < 4.78 is 13.8. The molecule has 1 N–H and O–H groups in total. The molecule has 0 atom stereocenters. The number of aryl methyl sites for hydroxylation is 2. The minimum Gasteiger partial charge on any atom is -0.461 e. The van der Waals surface area contributed by atoms with Crippen LogP contribution in [0.25, 0.3) is 16.5 Å². The Bertz CT molecular complexity index is 1770. The molecule has 0 bridgehead atoms. The molecular formula is C30H25N5O4. The Morgan fingerprint density at radius 3 is 2.72 bits per heavy atom. The number of benzene rings is 2. The zero-order chi connectivity index (χ0) is 27.1. The third-order valence-electron chi connectivity index (χ3n) is 7.06. The van der Waals surface area contributed by atoms with Crippen molar-refractivity contribution < 1.29 is 18.7 Å². The van der Waals surface area contributed by atoms with Crippen LogP contribution in [-0.2, 0) is 6.54 Å². The number of hydrogen-bond acceptors (Lipinski definition) is 6. The number of nitrogens with one attached hydrogen (secondary N) is 1. The van der Waals surface area contributed by atoms with E-state index < -0.39 is 0 Å². The molecule has 194 valence electrons. The van der Waals surface area contributed by atoms with Crippen LogP contribution in [0.3, 0.4) is 0 Å². The number of rotatable bonds is 6. The Labute approximate surface area is 224 Å². The molecule has 0 spiro atoms. The van der Waals surface area contributed by atoms with Gasteiger partial charge in [-0.1, -0.05) is 30.3 Å². The molecule has 2 amide bonds. The molecule has 2 aromatic carbocycles. The number of aromatic nitrogens is 2. The summed E-state index contributed by atoms with van der Waals surface area (Å²) in [6.07, 6.45) is 3.30. The monoisotopic (exact) mass is 519 g/mol. The van der Waals surface area contributed by atoms with Gasteiger partial charge in [0.25, 0.3) is 11.8 Å². The first kappa shape index (κ1) is 24.2. The van der Waals surface area contributed by atoms with E-state index in [9.17, 15) is 9.59 Å². The lowest BCUT2D eigenvalue weighted by molar-refractivity contribution is 0.0576. The van der Waals surface area contributed by atoms with E-state index in [1.807, 2.05) is 37.3 Å². The van der Waals surface area contributed by atoms with Crippen molar-refractivity contribution in [3.8, 4) is 17.6 Å². The van der Waals surface area contributed by atoms with Gasteiger partial charge in [0.2, 0.25) is 0 Å². The molecule has 1 aliphatic rings. The van der Waals surface area contributed by atoms with Crippen LogP contribution in [0.1, 0.15) is 37.6 Å². The first-order chi connectivity index (χ1) is 18.9. The molecule has 5 aromatic rings. The van der Waals surface area contributed by atoms with Crippen molar-refractivity contribution in [2.24, 2.45) is 5.92 Å². The van der Waals surface area contributed by atoms with E-state index in [4.69, 9.17) is 14.4 Å². The third-order valence-corrected chi connectivity index (χ3v) is 7.06. The standard InChI is InChI=1S/C30H25N5O4/c1-18-24(30(37)34-15-21(13-31)16-34)17-35-28(18)26(10-11-33-35)39-22-8-9-25-23(12-22)27(19(2)38-25)29(36)32-14-20-6-4-3-5-7-20/h3-12,17,21H,14-16H2,1-2H3,(H,32,36). The molecule has 39 heavy (non-hydrogen) atoms. The number of likely N-dealkylation sites (tertiary alicyclic amines) is 1. The maximum atomic E-state index is 13.1. The normalized spacial score (nSPS) is 13.3. The summed E-state index contributed by atoms with van der Waals surface area (Å²) in [5, 5.41) is 17.0. The van der Waals surface area contributed by atoms with Crippen LogP contribution in [0.4, 0.5) is 0 Å². The number of nitriles is 1. The van der Waals surface area contributed by atoms with Gasteiger partial charge in [-0.3, -0.25) is 9.59 Å². The Balaban J connectivity index is 1.29. The Morgan fingerprint density at radius 1 is 1.15 bits per heavy atom. The summed E-state index contributed by atoms with van der Waals surface area (Å²) in [7, 11) is 0. The average molecular weight is 520 g/mol. The zero-order valence-electron chi connectivity index (χ0n) is 21.5. The Kier molecular flexibility index (Phi) is 6.00. The van der Waals surface area contributed by atoms with Crippen LogP contribution < -0.4 is 10.1 Å². The van der Waals surface area contributed by atoms with E-state index in [0.717, 1.165) is 11.1 Å².